The standard InChI is InChI=1S/C32H44N4O8/c37-29-25-7-1-8-26(23-25)30(38)34-12-4-16-42-20-22-44-18-6-14-36-32(40)28-10-2-9-27(24-28)31(39)35-13-5-17-43-21-19-41-15-3-11-33-29/h1-2,7-10,23-24H,3-6,11-22H2,(H,33,37)(H,34,38)(H,35,39)(H,36,40). The summed E-state index contributed by atoms with van der Waals surface area (Å²) >= 11 is 0. The van der Waals surface area contributed by atoms with Crippen molar-refractivity contribution in [1.82, 2.24) is 21.3 Å². The molecule has 0 saturated carbocycles. The lowest BCUT2D eigenvalue weighted by Gasteiger charge is -2.10. The van der Waals surface area contributed by atoms with E-state index in [0.29, 0.717) is 127 Å². The van der Waals surface area contributed by atoms with Gasteiger partial charge in [0.15, 0.2) is 0 Å². The highest BCUT2D eigenvalue weighted by molar-refractivity contribution is 6.00. The van der Waals surface area contributed by atoms with E-state index in [0.717, 1.165) is 0 Å². The SMILES string of the molecule is O=C1NCCCOCCOCCCNC(=O)c2cccc(c2)C(=O)NCCCOCCOCCCNC(=O)c2cccc1c2. The molecular weight excluding hydrogens is 568 g/mol. The Bertz CT molecular complexity index is 1020. The van der Waals surface area contributed by atoms with E-state index in [1.807, 2.05) is 0 Å². The average Bonchev–Trinajstić information content (AvgIpc) is 3.05. The van der Waals surface area contributed by atoms with Crippen LogP contribution in [-0.4, -0.2) is 103 Å². The molecule has 4 N–H and O–H groups in total. The quantitative estimate of drug-likeness (QED) is 0.352. The molecule has 2 aromatic rings. The number of nitrogens with one attached hydrogen (secondary N) is 4. The third kappa shape index (κ3) is 13.6. The first-order valence-corrected chi connectivity index (χ1v) is 15.2. The number of carbonyl (C=O) groups excluding carboxylic acids is 4. The Kier molecular flexibility index (Phi) is 16.5. The zero-order chi connectivity index (χ0) is 31.2. The van der Waals surface area contributed by atoms with Gasteiger partial charge < -0.3 is 40.2 Å². The summed E-state index contributed by atoms with van der Waals surface area (Å²) in [5.41, 5.74) is 1.67. The van der Waals surface area contributed by atoms with Gasteiger partial charge in [0, 0.05) is 74.9 Å². The molecular formula is C32H44N4O8. The van der Waals surface area contributed by atoms with Crippen LogP contribution in [-0.2, 0) is 18.9 Å². The van der Waals surface area contributed by atoms with Crippen molar-refractivity contribution in [2.75, 3.05) is 79.0 Å². The molecule has 12 nitrogen and oxygen atoms in total. The van der Waals surface area contributed by atoms with Crippen LogP contribution in [0.15, 0.2) is 48.5 Å². The predicted octanol–water partition coefficient (Wildman–Crippen LogP) is 1.95. The number of hydrogen-bond acceptors (Lipinski definition) is 8. The van der Waals surface area contributed by atoms with Gasteiger partial charge in [0.25, 0.3) is 23.6 Å². The van der Waals surface area contributed by atoms with Gasteiger partial charge in [-0.3, -0.25) is 19.2 Å². The topological polar surface area (TPSA) is 153 Å². The van der Waals surface area contributed by atoms with E-state index in [2.05, 4.69) is 21.3 Å². The van der Waals surface area contributed by atoms with Gasteiger partial charge >= 0.3 is 0 Å². The molecule has 12 heteroatoms. The average molecular weight is 613 g/mol. The molecule has 0 atom stereocenters. The summed E-state index contributed by atoms with van der Waals surface area (Å²) in [6.45, 7) is 5.32. The molecule has 1 aliphatic heterocycles. The van der Waals surface area contributed by atoms with E-state index < -0.39 is 0 Å². The highest BCUT2D eigenvalue weighted by Crippen LogP contribution is 2.07. The molecule has 44 heavy (non-hydrogen) atoms. The van der Waals surface area contributed by atoms with Crippen LogP contribution in [0.2, 0.25) is 0 Å². The molecule has 0 spiro atoms. The van der Waals surface area contributed by atoms with E-state index in [9.17, 15) is 19.2 Å². The van der Waals surface area contributed by atoms with Gasteiger partial charge in [-0.2, -0.15) is 0 Å². The van der Waals surface area contributed by atoms with Crippen molar-refractivity contribution in [3.05, 3.63) is 70.8 Å². The summed E-state index contributed by atoms with van der Waals surface area (Å²) in [5, 5.41) is 11.4. The van der Waals surface area contributed by atoms with E-state index in [-0.39, 0.29) is 23.6 Å². The monoisotopic (exact) mass is 612 g/mol. The molecule has 0 aromatic heterocycles. The summed E-state index contributed by atoms with van der Waals surface area (Å²) in [7, 11) is 0. The van der Waals surface area contributed by atoms with Gasteiger partial charge in [-0.15, -0.1) is 0 Å². The molecule has 240 valence electrons. The lowest BCUT2D eigenvalue weighted by atomic mass is 10.1. The maximum Gasteiger partial charge on any atom is 0.251 e. The predicted molar refractivity (Wildman–Crippen MR) is 164 cm³/mol. The number of ether oxygens (including phenoxy) is 4. The largest absolute Gasteiger partial charge is 0.379 e. The van der Waals surface area contributed by atoms with Crippen LogP contribution in [0.4, 0.5) is 0 Å². The van der Waals surface area contributed by atoms with Crippen LogP contribution < -0.4 is 21.3 Å². The molecule has 0 fully saturated rings. The zero-order valence-corrected chi connectivity index (χ0v) is 25.2. The highest BCUT2D eigenvalue weighted by Gasteiger charge is 2.11. The van der Waals surface area contributed by atoms with Crippen molar-refractivity contribution in [3.63, 3.8) is 0 Å². The Morgan fingerprint density at radius 1 is 0.386 bits per heavy atom. The van der Waals surface area contributed by atoms with Crippen molar-refractivity contribution in [2.24, 2.45) is 0 Å². The molecule has 0 radical (unpaired) electrons. The molecule has 4 bridgehead atoms. The maximum absolute atomic E-state index is 12.5. The smallest absolute Gasteiger partial charge is 0.251 e. The third-order valence-corrected chi connectivity index (χ3v) is 6.52. The van der Waals surface area contributed by atoms with E-state index in [1.54, 1.807) is 48.5 Å². The van der Waals surface area contributed by atoms with Crippen LogP contribution in [0.25, 0.3) is 0 Å². The molecule has 0 aliphatic carbocycles. The highest BCUT2D eigenvalue weighted by atomic mass is 16.5. The summed E-state index contributed by atoms with van der Waals surface area (Å²) in [4.78, 5) is 50.0. The summed E-state index contributed by atoms with van der Waals surface area (Å²) in [5.74, 6) is -0.999. The van der Waals surface area contributed by atoms with Crippen LogP contribution in [0.1, 0.15) is 67.1 Å². The molecule has 0 unspecified atom stereocenters. The Balaban J connectivity index is 1.43. The first-order chi connectivity index (χ1) is 21.5. The second kappa shape index (κ2) is 21.0. The molecule has 0 saturated heterocycles. The van der Waals surface area contributed by atoms with Gasteiger partial charge in [0.2, 0.25) is 0 Å². The van der Waals surface area contributed by atoms with Crippen molar-refractivity contribution in [2.45, 2.75) is 25.7 Å². The zero-order valence-electron chi connectivity index (χ0n) is 25.2. The molecule has 3 rings (SSSR count). The Labute approximate surface area is 258 Å². The van der Waals surface area contributed by atoms with Gasteiger partial charge in [-0.1, -0.05) is 12.1 Å². The fourth-order valence-corrected chi connectivity index (χ4v) is 4.16. The van der Waals surface area contributed by atoms with E-state index >= 15 is 0 Å². The fourth-order valence-electron chi connectivity index (χ4n) is 4.16. The Hall–Kier alpha value is -3.84. The maximum atomic E-state index is 12.5. The lowest BCUT2D eigenvalue weighted by Crippen LogP contribution is -2.28. The van der Waals surface area contributed by atoms with Crippen molar-refractivity contribution in [1.29, 1.82) is 0 Å². The second-order valence-corrected chi connectivity index (χ2v) is 10.0. The van der Waals surface area contributed by atoms with Crippen LogP contribution >= 0.6 is 0 Å². The second-order valence-electron chi connectivity index (χ2n) is 10.0. The number of hydrogen-bond donors (Lipinski definition) is 4. The van der Waals surface area contributed by atoms with Crippen LogP contribution in [0, 0.1) is 0 Å². The fraction of sp³-hybridized carbons (Fsp3) is 0.500. The molecule has 1 heterocycles. The summed E-state index contributed by atoms with van der Waals surface area (Å²) < 4.78 is 22.2. The van der Waals surface area contributed by atoms with Gasteiger partial charge in [-0.05, 0) is 62.1 Å². The number of benzene rings is 2. The number of amides is 4. The minimum atomic E-state index is -0.250. The van der Waals surface area contributed by atoms with E-state index in [1.165, 1.54) is 0 Å². The minimum absolute atomic E-state index is 0.250. The van der Waals surface area contributed by atoms with Crippen molar-refractivity contribution < 1.29 is 38.1 Å². The Morgan fingerprint density at radius 3 is 0.886 bits per heavy atom. The van der Waals surface area contributed by atoms with Crippen molar-refractivity contribution >= 4 is 23.6 Å². The van der Waals surface area contributed by atoms with Gasteiger partial charge in [0.05, 0.1) is 26.4 Å². The lowest BCUT2D eigenvalue weighted by molar-refractivity contribution is 0.0458. The van der Waals surface area contributed by atoms with Crippen LogP contribution in [0.3, 0.4) is 0 Å². The van der Waals surface area contributed by atoms with Crippen molar-refractivity contribution in [3.8, 4) is 0 Å². The molecule has 2 aromatic carbocycles. The third-order valence-electron chi connectivity index (χ3n) is 6.52. The number of rotatable bonds is 0. The first kappa shape index (κ1) is 34.6. The number of fused-ring (bicyclic) bond motifs is 4. The summed E-state index contributed by atoms with van der Waals surface area (Å²) in [6, 6.07) is 13.2. The minimum Gasteiger partial charge on any atom is -0.379 e. The van der Waals surface area contributed by atoms with E-state index in [4.69, 9.17) is 18.9 Å². The Morgan fingerprint density at radius 2 is 0.636 bits per heavy atom. The van der Waals surface area contributed by atoms with Gasteiger partial charge in [0.1, 0.15) is 0 Å². The summed E-state index contributed by atoms with van der Waals surface area (Å²) in [6.07, 6.45) is 2.54. The number of carbonyl (C=O) groups is 4. The van der Waals surface area contributed by atoms with Gasteiger partial charge in [-0.25, -0.2) is 0 Å². The molecule has 4 amide bonds. The first-order valence-electron chi connectivity index (χ1n) is 15.2. The molecule has 1 aliphatic rings. The van der Waals surface area contributed by atoms with Crippen LogP contribution in [0.5, 0.6) is 0 Å². The normalized spacial score (nSPS) is 18.9.